The maximum absolute atomic E-state index is 12.5. The molecule has 1 amide bonds. The lowest BCUT2D eigenvalue weighted by atomic mass is 9.86. The monoisotopic (exact) mass is 394 g/mol. The fourth-order valence-electron chi connectivity index (χ4n) is 3.85. The Bertz CT molecular complexity index is 691. The van der Waals surface area contributed by atoms with Gasteiger partial charge in [-0.3, -0.25) is 4.79 Å². The number of carbonyl (C=O) groups excluding carboxylic acids is 1. The van der Waals surface area contributed by atoms with Gasteiger partial charge in [0.15, 0.2) is 0 Å². The first-order valence-electron chi connectivity index (χ1n) is 10.3. The summed E-state index contributed by atoms with van der Waals surface area (Å²) < 4.78 is 26.5. The van der Waals surface area contributed by atoms with Gasteiger partial charge in [0, 0.05) is 19.5 Å². The molecule has 1 aromatic rings. The molecule has 0 radical (unpaired) electrons. The minimum Gasteiger partial charge on any atom is -0.350 e. The van der Waals surface area contributed by atoms with Crippen LogP contribution in [0, 0.1) is 5.92 Å². The molecule has 1 N–H and O–H groups in total. The first-order chi connectivity index (χ1) is 12.9. The molecule has 0 aromatic heterocycles. The summed E-state index contributed by atoms with van der Waals surface area (Å²) in [6.45, 7) is 6.51. The molecule has 0 spiro atoms. The molecule has 0 bridgehead atoms. The standard InChI is InChI=1S/C21H34N2O3S/c1-4-23(5-2)27(25,26)20-14-12-19(13-15-20)17(3)22-21(24)16-11-18-9-7-6-8-10-18/h12-15,17-18H,4-11,16H2,1-3H3,(H,22,24). The predicted octanol–water partition coefficient (Wildman–Crippen LogP) is 4.25. The molecule has 27 heavy (non-hydrogen) atoms. The number of benzene rings is 1. The van der Waals surface area contributed by atoms with Crippen LogP contribution >= 0.6 is 0 Å². The molecule has 152 valence electrons. The number of nitrogens with one attached hydrogen (secondary N) is 1. The Morgan fingerprint density at radius 1 is 1.11 bits per heavy atom. The van der Waals surface area contributed by atoms with Crippen LogP contribution in [0.25, 0.3) is 0 Å². The number of nitrogens with zero attached hydrogens (tertiary/aromatic N) is 1. The van der Waals surface area contributed by atoms with Crippen molar-refractivity contribution in [1.29, 1.82) is 0 Å². The van der Waals surface area contributed by atoms with E-state index in [-0.39, 0.29) is 11.9 Å². The van der Waals surface area contributed by atoms with Gasteiger partial charge in [-0.1, -0.05) is 58.1 Å². The van der Waals surface area contributed by atoms with Crippen LogP contribution < -0.4 is 5.32 Å². The number of sulfonamides is 1. The Kier molecular flexibility index (Phi) is 8.29. The maximum atomic E-state index is 12.5. The zero-order valence-corrected chi connectivity index (χ0v) is 17.7. The van der Waals surface area contributed by atoms with Crippen molar-refractivity contribution in [3.8, 4) is 0 Å². The van der Waals surface area contributed by atoms with Crippen LogP contribution in [0.1, 0.15) is 77.3 Å². The zero-order chi connectivity index (χ0) is 19.9. The second-order valence-corrected chi connectivity index (χ2v) is 9.43. The molecule has 1 saturated carbocycles. The maximum Gasteiger partial charge on any atom is 0.243 e. The van der Waals surface area contributed by atoms with E-state index >= 15 is 0 Å². The normalized spacial score (nSPS) is 17.0. The number of rotatable bonds is 9. The third kappa shape index (κ3) is 6.04. The highest BCUT2D eigenvalue weighted by Crippen LogP contribution is 2.27. The van der Waals surface area contributed by atoms with Crippen molar-refractivity contribution in [3.05, 3.63) is 29.8 Å². The van der Waals surface area contributed by atoms with Gasteiger partial charge < -0.3 is 5.32 Å². The van der Waals surface area contributed by atoms with Crippen LogP contribution in [0.15, 0.2) is 29.2 Å². The van der Waals surface area contributed by atoms with Crippen LogP contribution in [0.4, 0.5) is 0 Å². The summed E-state index contributed by atoms with van der Waals surface area (Å²) in [4.78, 5) is 12.5. The number of carbonyl (C=O) groups is 1. The fraction of sp³-hybridized carbons (Fsp3) is 0.667. The molecule has 1 aliphatic rings. The molecule has 5 nitrogen and oxygen atoms in total. The smallest absolute Gasteiger partial charge is 0.243 e. The van der Waals surface area contributed by atoms with Crippen molar-refractivity contribution in [2.45, 2.75) is 76.7 Å². The topological polar surface area (TPSA) is 66.5 Å². The molecular weight excluding hydrogens is 360 g/mol. The van der Waals surface area contributed by atoms with Crippen molar-refractivity contribution in [1.82, 2.24) is 9.62 Å². The Morgan fingerprint density at radius 2 is 1.70 bits per heavy atom. The van der Waals surface area contributed by atoms with E-state index in [9.17, 15) is 13.2 Å². The highest BCUT2D eigenvalue weighted by molar-refractivity contribution is 7.89. The molecule has 1 atom stereocenters. The van der Waals surface area contributed by atoms with E-state index in [0.29, 0.717) is 30.3 Å². The van der Waals surface area contributed by atoms with Crippen molar-refractivity contribution in [2.24, 2.45) is 5.92 Å². The van der Waals surface area contributed by atoms with E-state index in [1.807, 2.05) is 20.8 Å². The second kappa shape index (κ2) is 10.2. The molecule has 0 heterocycles. The molecule has 6 heteroatoms. The van der Waals surface area contributed by atoms with Gasteiger partial charge >= 0.3 is 0 Å². The predicted molar refractivity (Wildman–Crippen MR) is 109 cm³/mol. The number of hydrogen-bond donors (Lipinski definition) is 1. The summed E-state index contributed by atoms with van der Waals surface area (Å²) in [7, 11) is -3.44. The van der Waals surface area contributed by atoms with Gasteiger partial charge in [-0.05, 0) is 37.0 Å². The van der Waals surface area contributed by atoms with E-state index in [2.05, 4.69) is 5.32 Å². The molecule has 1 aliphatic carbocycles. The van der Waals surface area contributed by atoms with Crippen LogP contribution in [0.3, 0.4) is 0 Å². The lowest BCUT2D eigenvalue weighted by molar-refractivity contribution is -0.122. The molecule has 1 fully saturated rings. The first-order valence-corrected chi connectivity index (χ1v) is 11.7. The quantitative estimate of drug-likeness (QED) is 0.681. The van der Waals surface area contributed by atoms with Gasteiger partial charge in [0.05, 0.1) is 10.9 Å². The van der Waals surface area contributed by atoms with E-state index < -0.39 is 10.0 Å². The molecular formula is C21H34N2O3S. The van der Waals surface area contributed by atoms with Gasteiger partial charge in [0.1, 0.15) is 0 Å². The summed E-state index contributed by atoms with van der Waals surface area (Å²) in [5, 5.41) is 3.04. The van der Waals surface area contributed by atoms with Crippen molar-refractivity contribution >= 4 is 15.9 Å². The Morgan fingerprint density at radius 3 is 2.26 bits per heavy atom. The molecule has 1 unspecified atom stereocenters. The third-order valence-electron chi connectivity index (χ3n) is 5.61. The van der Waals surface area contributed by atoms with Crippen molar-refractivity contribution < 1.29 is 13.2 Å². The van der Waals surface area contributed by atoms with Crippen LogP contribution in [0.5, 0.6) is 0 Å². The van der Waals surface area contributed by atoms with Gasteiger partial charge in [-0.25, -0.2) is 8.42 Å². The van der Waals surface area contributed by atoms with Crippen molar-refractivity contribution in [3.63, 3.8) is 0 Å². The van der Waals surface area contributed by atoms with Crippen LogP contribution in [-0.4, -0.2) is 31.7 Å². The van der Waals surface area contributed by atoms with Gasteiger partial charge in [-0.15, -0.1) is 0 Å². The minimum atomic E-state index is -3.44. The molecule has 1 aromatic carbocycles. The second-order valence-electron chi connectivity index (χ2n) is 7.49. The highest BCUT2D eigenvalue weighted by Gasteiger charge is 2.22. The fourth-order valence-corrected chi connectivity index (χ4v) is 5.31. The number of amides is 1. The van der Waals surface area contributed by atoms with Crippen LogP contribution in [0.2, 0.25) is 0 Å². The van der Waals surface area contributed by atoms with E-state index in [0.717, 1.165) is 12.0 Å². The number of hydrogen-bond acceptors (Lipinski definition) is 3. The summed E-state index contributed by atoms with van der Waals surface area (Å²) in [5.41, 5.74) is 0.916. The lowest BCUT2D eigenvalue weighted by Crippen LogP contribution is -2.30. The summed E-state index contributed by atoms with van der Waals surface area (Å²) >= 11 is 0. The molecule has 0 aliphatic heterocycles. The third-order valence-corrected chi connectivity index (χ3v) is 7.67. The van der Waals surface area contributed by atoms with Crippen LogP contribution in [-0.2, 0) is 14.8 Å². The Balaban J connectivity index is 1.90. The van der Waals surface area contributed by atoms with Gasteiger partial charge in [0.25, 0.3) is 0 Å². The lowest BCUT2D eigenvalue weighted by Gasteiger charge is -2.22. The highest BCUT2D eigenvalue weighted by atomic mass is 32.2. The first kappa shape index (κ1) is 21.9. The average molecular weight is 395 g/mol. The molecule has 0 saturated heterocycles. The Labute approximate surface area is 164 Å². The summed E-state index contributed by atoms with van der Waals surface area (Å²) in [6.07, 6.45) is 7.98. The van der Waals surface area contributed by atoms with E-state index in [4.69, 9.17) is 0 Å². The van der Waals surface area contributed by atoms with E-state index in [1.165, 1.54) is 36.4 Å². The largest absolute Gasteiger partial charge is 0.350 e. The Hall–Kier alpha value is -1.40. The van der Waals surface area contributed by atoms with Gasteiger partial charge in [0.2, 0.25) is 15.9 Å². The van der Waals surface area contributed by atoms with Crippen molar-refractivity contribution in [2.75, 3.05) is 13.1 Å². The zero-order valence-electron chi connectivity index (χ0n) is 16.9. The SMILES string of the molecule is CCN(CC)S(=O)(=O)c1ccc(C(C)NC(=O)CCC2CCCCC2)cc1. The average Bonchev–Trinajstić information content (AvgIpc) is 2.68. The minimum absolute atomic E-state index is 0.0768. The summed E-state index contributed by atoms with van der Waals surface area (Å²) in [5.74, 6) is 0.775. The summed E-state index contributed by atoms with van der Waals surface area (Å²) in [6, 6.07) is 6.72. The van der Waals surface area contributed by atoms with Gasteiger partial charge in [-0.2, -0.15) is 4.31 Å². The van der Waals surface area contributed by atoms with E-state index in [1.54, 1.807) is 24.3 Å². The molecule has 2 rings (SSSR count).